The first-order valence-corrected chi connectivity index (χ1v) is 16.7. The van der Waals surface area contributed by atoms with Crippen molar-refractivity contribution in [1.82, 2.24) is 14.5 Å². The monoisotopic (exact) mass is 734 g/mol. The van der Waals surface area contributed by atoms with Gasteiger partial charge >= 0.3 is 0 Å². The molecule has 1 amide bonds. The molecule has 14 heteroatoms. The second-order valence-corrected chi connectivity index (χ2v) is 14.0. The largest absolute Gasteiger partial charge is 0.506 e. The number of amides is 1. The number of hydrogen-bond acceptors (Lipinski definition) is 7. The second-order valence-electron chi connectivity index (χ2n) is 12.1. The van der Waals surface area contributed by atoms with Gasteiger partial charge < -0.3 is 14.9 Å². The average molecular weight is 737 g/mol. The molecule has 1 fully saturated rings. The zero-order chi connectivity index (χ0) is 34.6. The van der Waals surface area contributed by atoms with Gasteiger partial charge in [0.1, 0.15) is 28.1 Å². The van der Waals surface area contributed by atoms with Crippen molar-refractivity contribution in [2.24, 2.45) is 16.8 Å². The molecule has 1 saturated heterocycles. The van der Waals surface area contributed by atoms with E-state index in [1.165, 1.54) is 10.6 Å². The van der Waals surface area contributed by atoms with E-state index in [0.717, 1.165) is 5.71 Å². The Kier molecular flexibility index (Phi) is 9.94. The average Bonchev–Trinajstić information content (AvgIpc) is 3.02. The van der Waals surface area contributed by atoms with Crippen molar-refractivity contribution in [2.75, 3.05) is 18.0 Å². The maximum absolute atomic E-state index is 14.6. The summed E-state index contributed by atoms with van der Waals surface area (Å²) in [6.45, 7) is 13.9. The van der Waals surface area contributed by atoms with Gasteiger partial charge in [-0.25, -0.2) is 4.98 Å². The van der Waals surface area contributed by atoms with Crippen molar-refractivity contribution in [2.45, 2.75) is 52.7 Å². The molecule has 0 radical (unpaired) electrons. The number of benzene rings is 1. The predicted octanol–water partition coefficient (Wildman–Crippen LogP) is 8.32. The Bertz CT molecular complexity index is 1960. The minimum Gasteiger partial charge on any atom is -0.506 e. The molecule has 9 nitrogen and oxygen atoms in total. The highest BCUT2D eigenvalue weighted by atomic mass is 35.5. The van der Waals surface area contributed by atoms with E-state index >= 15 is 0 Å². The fourth-order valence-corrected chi connectivity index (χ4v) is 7.79. The third-order valence-corrected chi connectivity index (χ3v) is 10.7. The van der Waals surface area contributed by atoms with Gasteiger partial charge in [0.2, 0.25) is 5.91 Å². The lowest BCUT2D eigenvalue weighted by Crippen LogP contribution is -2.58. The molecule has 2 aliphatic heterocycles. The Balaban J connectivity index is 1.91. The van der Waals surface area contributed by atoms with Crippen LogP contribution in [0.1, 0.15) is 46.2 Å². The first-order chi connectivity index (χ1) is 22.2. The molecule has 0 spiro atoms. The zero-order valence-electron chi connectivity index (χ0n) is 26.2. The van der Waals surface area contributed by atoms with Crippen LogP contribution in [0, 0.1) is 23.2 Å². The topological polar surface area (TPSA) is 115 Å². The van der Waals surface area contributed by atoms with Crippen LogP contribution in [-0.4, -0.2) is 56.3 Å². The highest BCUT2D eigenvalue weighted by Gasteiger charge is 2.37. The molecular formula is C33H31Cl5N6O3. The molecule has 2 aliphatic rings. The number of halogens is 5. The highest BCUT2D eigenvalue weighted by Crippen LogP contribution is 2.51. The van der Waals surface area contributed by atoms with Crippen molar-refractivity contribution < 1.29 is 9.90 Å². The van der Waals surface area contributed by atoms with E-state index in [2.05, 4.69) is 17.6 Å². The molecule has 4 atom stereocenters. The summed E-state index contributed by atoms with van der Waals surface area (Å²) in [5, 5.41) is 21.5. The lowest BCUT2D eigenvalue weighted by molar-refractivity contribution is -0.130. The number of carbonyl (C=O) groups is 1. The van der Waals surface area contributed by atoms with E-state index in [-0.39, 0.29) is 77.4 Å². The van der Waals surface area contributed by atoms with Crippen LogP contribution in [-0.2, 0) is 4.79 Å². The summed E-state index contributed by atoms with van der Waals surface area (Å²) < 4.78 is 1.47. The number of carbonyl (C=O) groups excluding carboxylic acids is 1. The van der Waals surface area contributed by atoms with Gasteiger partial charge in [0.25, 0.3) is 5.56 Å². The van der Waals surface area contributed by atoms with Crippen LogP contribution in [0.4, 0.5) is 5.69 Å². The molecule has 0 saturated carbocycles. The summed E-state index contributed by atoms with van der Waals surface area (Å²) in [6.07, 6.45) is 4.86. The smallest absolute Gasteiger partial charge is 0.272 e. The summed E-state index contributed by atoms with van der Waals surface area (Å²) in [7, 11) is 0. The molecular weight excluding hydrogens is 706 g/mol. The minimum absolute atomic E-state index is 0.00360. The molecule has 5 rings (SSSR count). The van der Waals surface area contributed by atoms with Crippen LogP contribution in [0.2, 0.25) is 25.1 Å². The second kappa shape index (κ2) is 13.3. The third kappa shape index (κ3) is 5.78. The molecule has 1 aromatic carbocycles. The number of phenols is 1. The van der Waals surface area contributed by atoms with Gasteiger partial charge in [0.15, 0.2) is 0 Å². The molecule has 4 heterocycles. The first-order valence-electron chi connectivity index (χ1n) is 14.8. The lowest BCUT2D eigenvalue weighted by Gasteiger charge is -2.45. The van der Waals surface area contributed by atoms with E-state index in [0.29, 0.717) is 24.2 Å². The molecule has 2 aromatic heterocycles. The summed E-state index contributed by atoms with van der Waals surface area (Å²) in [4.78, 5) is 40.5. The summed E-state index contributed by atoms with van der Waals surface area (Å²) in [6, 6.07) is 2.57. The number of hydrogen-bond donors (Lipinski definition) is 1. The van der Waals surface area contributed by atoms with Crippen LogP contribution in [0.5, 0.6) is 5.75 Å². The SMILES string of the molecule is C=CC(=O)N1[C@H](C)CN(c2c(C#N)c(=O)n(C3C(C(C)C)=NC=C[C@H]3C)c3nc(-c4c(O)c(Cl)c(Cl)c(Cl)c4Cl)c(Cl)cc23)C[C@@H]1C. The van der Waals surface area contributed by atoms with Gasteiger partial charge in [0, 0.05) is 48.4 Å². The lowest BCUT2D eigenvalue weighted by atomic mass is 9.88. The fraction of sp³-hybridized carbons (Fsp3) is 0.364. The maximum atomic E-state index is 14.6. The number of rotatable bonds is 5. The number of anilines is 1. The van der Waals surface area contributed by atoms with E-state index in [4.69, 9.17) is 63.0 Å². The van der Waals surface area contributed by atoms with Crippen LogP contribution in [0.3, 0.4) is 0 Å². The van der Waals surface area contributed by atoms with Gasteiger partial charge in [-0.2, -0.15) is 5.26 Å². The van der Waals surface area contributed by atoms with Gasteiger partial charge in [0.05, 0.1) is 43.1 Å². The number of aromatic nitrogens is 2. The number of nitrogens with zero attached hydrogens (tertiary/aromatic N) is 6. The van der Waals surface area contributed by atoms with E-state index in [1.54, 1.807) is 17.2 Å². The van der Waals surface area contributed by atoms with Gasteiger partial charge in [-0.1, -0.05) is 91.4 Å². The molecule has 47 heavy (non-hydrogen) atoms. The van der Waals surface area contributed by atoms with Crippen molar-refractivity contribution in [3.63, 3.8) is 0 Å². The molecule has 0 bridgehead atoms. The van der Waals surface area contributed by atoms with Crippen molar-refractivity contribution in [1.29, 1.82) is 5.26 Å². The zero-order valence-corrected chi connectivity index (χ0v) is 29.9. The van der Waals surface area contributed by atoms with Crippen molar-refractivity contribution in [3.8, 4) is 23.1 Å². The van der Waals surface area contributed by atoms with Crippen LogP contribution >= 0.6 is 58.0 Å². The number of aliphatic imine (C=N–C) groups is 1. The van der Waals surface area contributed by atoms with Gasteiger partial charge in [-0.05, 0) is 31.9 Å². The van der Waals surface area contributed by atoms with Crippen LogP contribution < -0.4 is 10.5 Å². The van der Waals surface area contributed by atoms with Crippen LogP contribution in [0.25, 0.3) is 22.3 Å². The summed E-state index contributed by atoms with van der Waals surface area (Å²) in [5.41, 5.74) is 0.464. The Hall–Kier alpha value is -3.26. The standard InChI is InChI=1S/C33H31Cl5N6O3/c1-7-21(45)43-16(5)12-42(13-17(43)6)30-18-10-20(34)28(22-23(35)24(36)25(37)26(38)31(22)46)41-32(18)44(33(47)19(30)11-39)29-15(4)8-9-40-27(29)14(2)3/h7-10,14-17,29,46H,1,12-13H2,2-6H3/t15-,16-,17+,29?/m1/s1. The fourth-order valence-electron chi connectivity index (χ4n) is 6.61. The molecule has 0 aliphatic carbocycles. The summed E-state index contributed by atoms with van der Waals surface area (Å²) >= 11 is 32.4. The number of pyridine rings is 2. The minimum atomic E-state index is -0.612. The Labute approximate surface area is 297 Å². The van der Waals surface area contributed by atoms with Crippen molar-refractivity contribution >= 4 is 86.3 Å². The number of aromatic hydroxyl groups is 1. The van der Waals surface area contributed by atoms with E-state index < -0.39 is 17.4 Å². The first kappa shape index (κ1) is 35.1. The predicted molar refractivity (Wildman–Crippen MR) is 191 cm³/mol. The number of allylic oxidation sites excluding steroid dienone is 1. The molecule has 1 unspecified atom stereocenters. The Morgan fingerprint density at radius 2 is 1.70 bits per heavy atom. The Morgan fingerprint density at radius 3 is 2.28 bits per heavy atom. The maximum Gasteiger partial charge on any atom is 0.272 e. The van der Waals surface area contributed by atoms with Crippen LogP contribution in [0.15, 0.2) is 40.8 Å². The van der Waals surface area contributed by atoms with E-state index in [9.17, 15) is 20.0 Å². The molecule has 1 N–H and O–H groups in total. The number of nitriles is 1. The van der Waals surface area contributed by atoms with Gasteiger partial charge in [-0.3, -0.25) is 19.1 Å². The number of fused-ring (bicyclic) bond motifs is 1. The normalized spacial score (nSPS) is 21.3. The third-order valence-electron chi connectivity index (χ3n) is 8.65. The highest BCUT2D eigenvalue weighted by molar-refractivity contribution is 6.53. The molecule has 246 valence electrons. The number of phenolic OH excluding ortho intramolecular Hbond substituents is 1. The molecule has 3 aromatic rings. The number of piperazine rings is 1. The Morgan fingerprint density at radius 1 is 1.09 bits per heavy atom. The van der Waals surface area contributed by atoms with Gasteiger partial charge in [-0.15, -0.1) is 0 Å². The quantitative estimate of drug-likeness (QED) is 0.160. The van der Waals surface area contributed by atoms with E-state index in [1.807, 2.05) is 45.6 Å². The summed E-state index contributed by atoms with van der Waals surface area (Å²) in [5.74, 6) is -0.979. The van der Waals surface area contributed by atoms with Crippen molar-refractivity contribution in [3.05, 3.63) is 72.0 Å².